The van der Waals surface area contributed by atoms with E-state index in [1.165, 1.54) is 0 Å². The number of phenolic OH excluding ortho intramolecular Hbond substituents is 1. The fourth-order valence-corrected chi connectivity index (χ4v) is 2.99. The van der Waals surface area contributed by atoms with Gasteiger partial charge in [-0.3, -0.25) is 4.79 Å². The highest BCUT2D eigenvalue weighted by atomic mass is 35.5. The summed E-state index contributed by atoms with van der Waals surface area (Å²) in [4.78, 5) is 14.1. The molecule has 2 aromatic rings. The Hall–Kier alpha value is -2.26. The lowest BCUT2D eigenvalue weighted by atomic mass is 9.93. The smallest absolute Gasteiger partial charge is 0.162 e. The average Bonchev–Trinajstić information content (AvgIpc) is 2.51. The molecule has 4 heteroatoms. The molecule has 1 aliphatic rings. The average molecular weight is 314 g/mol. The molecule has 1 heterocycles. The van der Waals surface area contributed by atoms with Crippen LogP contribution in [0.5, 0.6) is 5.75 Å². The van der Waals surface area contributed by atoms with Crippen molar-refractivity contribution in [3.05, 3.63) is 70.9 Å². The molecule has 1 atom stereocenters. The van der Waals surface area contributed by atoms with Gasteiger partial charge >= 0.3 is 0 Å². The summed E-state index contributed by atoms with van der Waals surface area (Å²) < 4.78 is 0. The summed E-state index contributed by atoms with van der Waals surface area (Å²) in [5, 5.41) is 10.8. The molecule has 0 bridgehead atoms. The second kappa shape index (κ2) is 5.85. The van der Waals surface area contributed by atoms with Crippen LogP contribution in [0.2, 0.25) is 5.02 Å². The fourth-order valence-electron chi connectivity index (χ4n) is 2.73. The number of allylic oxidation sites excluding steroid dienone is 1. The van der Waals surface area contributed by atoms with Crippen molar-refractivity contribution in [1.82, 2.24) is 0 Å². The van der Waals surface area contributed by atoms with Crippen molar-refractivity contribution >= 4 is 23.1 Å². The number of Topliss-reactive ketones (excluding diaryl/α,β-unsaturated/α-hetero) is 1. The van der Waals surface area contributed by atoms with Gasteiger partial charge in [-0.1, -0.05) is 41.9 Å². The lowest BCUT2D eigenvalue weighted by Crippen LogP contribution is -2.31. The summed E-state index contributed by atoms with van der Waals surface area (Å²) in [5.74, 6) is 0.273. The largest absolute Gasteiger partial charge is 0.506 e. The highest BCUT2D eigenvalue weighted by molar-refractivity contribution is 6.31. The molecule has 0 spiro atoms. The summed E-state index contributed by atoms with van der Waals surface area (Å²) in [5.41, 5.74) is 2.22. The predicted molar refractivity (Wildman–Crippen MR) is 88.2 cm³/mol. The van der Waals surface area contributed by atoms with Crippen molar-refractivity contribution in [3.8, 4) is 5.75 Å². The molecule has 0 radical (unpaired) electrons. The minimum atomic E-state index is -0.224. The van der Waals surface area contributed by atoms with E-state index in [4.69, 9.17) is 11.6 Å². The summed E-state index contributed by atoms with van der Waals surface area (Å²) in [7, 11) is 0. The fraction of sp³-hybridized carbons (Fsp3) is 0.167. The lowest BCUT2D eigenvalue weighted by Gasteiger charge is -2.35. The van der Waals surface area contributed by atoms with Gasteiger partial charge in [0.05, 0.1) is 11.7 Å². The van der Waals surface area contributed by atoms with Crippen molar-refractivity contribution < 1.29 is 9.90 Å². The number of hydrogen-bond acceptors (Lipinski definition) is 3. The van der Waals surface area contributed by atoms with E-state index in [-0.39, 0.29) is 17.6 Å². The first-order valence-electron chi connectivity index (χ1n) is 7.10. The van der Waals surface area contributed by atoms with Crippen molar-refractivity contribution in [2.45, 2.75) is 19.4 Å². The molecule has 1 aliphatic heterocycles. The Bertz CT molecular complexity index is 754. The molecular weight excluding hydrogens is 298 g/mol. The first kappa shape index (κ1) is 14.7. The molecule has 0 fully saturated rings. The second-order valence-corrected chi connectivity index (χ2v) is 5.78. The van der Waals surface area contributed by atoms with Gasteiger partial charge in [-0.25, -0.2) is 0 Å². The number of aromatic hydroxyl groups is 1. The van der Waals surface area contributed by atoms with E-state index in [1.54, 1.807) is 25.3 Å². The van der Waals surface area contributed by atoms with Gasteiger partial charge in [-0.05, 0) is 30.7 Å². The Balaban J connectivity index is 2.13. The van der Waals surface area contributed by atoms with Crippen LogP contribution in [0.3, 0.4) is 0 Å². The number of benzene rings is 2. The Labute approximate surface area is 134 Å². The van der Waals surface area contributed by atoms with E-state index in [0.717, 1.165) is 5.56 Å². The number of anilines is 1. The lowest BCUT2D eigenvalue weighted by molar-refractivity contribution is -0.116. The number of rotatable bonds is 2. The van der Waals surface area contributed by atoms with Crippen LogP contribution in [0.15, 0.2) is 60.3 Å². The SMILES string of the molecule is CC1=CN(c2ccccc2O)[C@H](c2ccccc2Cl)CC1=O. The number of phenols is 1. The van der Waals surface area contributed by atoms with Gasteiger partial charge in [0.15, 0.2) is 5.78 Å². The number of hydrogen-bond donors (Lipinski definition) is 1. The van der Waals surface area contributed by atoms with E-state index in [0.29, 0.717) is 22.7 Å². The van der Waals surface area contributed by atoms with Crippen LogP contribution in [0.25, 0.3) is 0 Å². The van der Waals surface area contributed by atoms with Crippen LogP contribution in [-0.2, 0) is 4.79 Å². The number of halogens is 1. The summed E-state index contributed by atoms with van der Waals surface area (Å²) >= 11 is 6.31. The quantitative estimate of drug-likeness (QED) is 0.889. The highest BCUT2D eigenvalue weighted by Gasteiger charge is 2.30. The number of nitrogens with zero attached hydrogens (tertiary/aromatic N) is 1. The maximum Gasteiger partial charge on any atom is 0.162 e. The molecule has 3 nitrogen and oxygen atoms in total. The minimum Gasteiger partial charge on any atom is -0.506 e. The molecule has 112 valence electrons. The first-order chi connectivity index (χ1) is 10.6. The third kappa shape index (κ3) is 2.60. The zero-order valence-electron chi connectivity index (χ0n) is 12.2. The van der Waals surface area contributed by atoms with Gasteiger partial charge < -0.3 is 10.0 Å². The molecule has 3 rings (SSSR count). The molecule has 22 heavy (non-hydrogen) atoms. The molecular formula is C18H16ClNO2. The third-order valence-electron chi connectivity index (χ3n) is 3.91. The van der Waals surface area contributed by atoms with Crippen LogP contribution in [0.1, 0.15) is 24.9 Å². The Morgan fingerprint density at radius 3 is 2.55 bits per heavy atom. The molecule has 0 saturated heterocycles. The van der Waals surface area contributed by atoms with Crippen LogP contribution in [-0.4, -0.2) is 10.9 Å². The Morgan fingerprint density at radius 2 is 1.82 bits per heavy atom. The summed E-state index contributed by atoms with van der Waals surface area (Å²) in [6, 6.07) is 14.4. The van der Waals surface area contributed by atoms with Gasteiger partial charge in [-0.2, -0.15) is 0 Å². The molecule has 0 amide bonds. The van der Waals surface area contributed by atoms with E-state index in [2.05, 4.69) is 0 Å². The van der Waals surface area contributed by atoms with Gasteiger partial charge in [-0.15, -0.1) is 0 Å². The molecule has 0 aliphatic carbocycles. The molecule has 0 unspecified atom stereocenters. The van der Waals surface area contributed by atoms with Gasteiger partial charge in [0, 0.05) is 23.2 Å². The van der Waals surface area contributed by atoms with Crippen molar-refractivity contribution in [1.29, 1.82) is 0 Å². The number of carbonyl (C=O) groups is 1. The monoisotopic (exact) mass is 313 g/mol. The van der Waals surface area contributed by atoms with Gasteiger partial charge in [0.2, 0.25) is 0 Å². The van der Waals surface area contributed by atoms with Gasteiger partial charge in [0.1, 0.15) is 5.75 Å². The molecule has 2 aromatic carbocycles. The van der Waals surface area contributed by atoms with Crippen molar-refractivity contribution in [2.75, 3.05) is 4.90 Å². The third-order valence-corrected chi connectivity index (χ3v) is 4.26. The normalized spacial score (nSPS) is 18.3. The topological polar surface area (TPSA) is 40.5 Å². The maximum atomic E-state index is 12.2. The van der Waals surface area contributed by atoms with Crippen LogP contribution < -0.4 is 4.90 Å². The summed E-state index contributed by atoms with van der Waals surface area (Å²) in [6.45, 7) is 1.79. The van der Waals surface area contributed by atoms with Crippen LogP contribution >= 0.6 is 11.6 Å². The number of carbonyl (C=O) groups excluding carboxylic acids is 1. The highest BCUT2D eigenvalue weighted by Crippen LogP contribution is 2.40. The van der Waals surface area contributed by atoms with E-state index < -0.39 is 0 Å². The number of ketones is 1. The predicted octanol–water partition coefficient (Wildman–Crippen LogP) is 4.47. The molecule has 1 N–H and O–H groups in total. The second-order valence-electron chi connectivity index (χ2n) is 5.37. The number of para-hydroxylation sites is 2. The standard InChI is InChI=1S/C18H16ClNO2/c1-12-11-20(15-8-4-5-9-17(15)21)16(10-18(12)22)13-6-2-3-7-14(13)19/h2-9,11,16,21H,10H2,1H3/t16-/m0/s1. The Morgan fingerprint density at radius 1 is 1.14 bits per heavy atom. The van der Waals surface area contributed by atoms with Crippen molar-refractivity contribution in [2.24, 2.45) is 0 Å². The van der Waals surface area contributed by atoms with E-state index >= 15 is 0 Å². The van der Waals surface area contributed by atoms with Crippen LogP contribution in [0, 0.1) is 0 Å². The van der Waals surface area contributed by atoms with Crippen LogP contribution in [0.4, 0.5) is 5.69 Å². The van der Waals surface area contributed by atoms with E-state index in [9.17, 15) is 9.90 Å². The van der Waals surface area contributed by atoms with E-state index in [1.807, 2.05) is 41.3 Å². The maximum absolute atomic E-state index is 12.2. The Kier molecular flexibility index (Phi) is 3.90. The zero-order chi connectivity index (χ0) is 15.7. The van der Waals surface area contributed by atoms with Gasteiger partial charge in [0.25, 0.3) is 0 Å². The van der Waals surface area contributed by atoms with Crippen molar-refractivity contribution in [3.63, 3.8) is 0 Å². The molecule has 0 saturated carbocycles. The minimum absolute atomic E-state index is 0.0941. The molecule has 0 aromatic heterocycles. The zero-order valence-corrected chi connectivity index (χ0v) is 12.9. The first-order valence-corrected chi connectivity index (χ1v) is 7.48. The summed E-state index contributed by atoms with van der Waals surface area (Å²) in [6.07, 6.45) is 2.12.